The van der Waals surface area contributed by atoms with Gasteiger partial charge in [-0.3, -0.25) is 9.48 Å². The zero-order chi connectivity index (χ0) is 18.1. The van der Waals surface area contributed by atoms with Crippen molar-refractivity contribution >= 4 is 23.2 Å². The highest BCUT2D eigenvalue weighted by Crippen LogP contribution is 2.36. The second-order valence-corrected chi connectivity index (χ2v) is 8.31. The lowest BCUT2D eigenvalue weighted by Gasteiger charge is -2.34. The van der Waals surface area contributed by atoms with Crippen molar-refractivity contribution in [3.63, 3.8) is 0 Å². The van der Waals surface area contributed by atoms with E-state index in [1.54, 1.807) is 12.3 Å². The van der Waals surface area contributed by atoms with Crippen LogP contribution >= 0.6 is 11.3 Å². The zero-order valence-electron chi connectivity index (χ0n) is 14.6. The Morgan fingerprint density at radius 1 is 1.23 bits per heavy atom. The first-order valence-electron chi connectivity index (χ1n) is 9.26. The molecule has 2 aliphatic rings. The molecule has 7 heteroatoms. The average Bonchev–Trinajstić information content (AvgIpc) is 3.27. The molecule has 4 rings (SSSR count). The maximum absolute atomic E-state index is 13.3. The standard InChI is InChI=1S/C19H23N3O3S/c23-18(14-5-1-2-6-15(14)22-10-4-8-20-22)21-9-3-7-16-13(12-21)11-17(26-16)19(24)25/h4,8,10-11,14-15H,1-3,5-7,9,12H2,(H,24,25). The highest BCUT2D eigenvalue weighted by Gasteiger charge is 2.36. The van der Waals surface area contributed by atoms with Crippen LogP contribution in [0.4, 0.5) is 0 Å². The van der Waals surface area contributed by atoms with E-state index in [1.165, 1.54) is 11.3 Å². The van der Waals surface area contributed by atoms with Crippen molar-refractivity contribution in [2.45, 2.75) is 51.1 Å². The fourth-order valence-electron chi connectivity index (χ4n) is 4.25. The summed E-state index contributed by atoms with van der Waals surface area (Å²) in [4.78, 5) is 28.0. The molecule has 1 saturated carbocycles. The fourth-order valence-corrected chi connectivity index (χ4v) is 5.30. The van der Waals surface area contributed by atoms with Crippen molar-refractivity contribution in [3.05, 3.63) is 39.8 Å². The second-order valence-electron chi connectivity index (χ2n) is 7.17. The molecule has 0 radical (unpaired) electrons. The number of thiophene rings is 1. The molecule has 0 saturated heterocycles. The number of carboxylic acid groups (broad SMARTS) is 1. The van der Waals surface area contributed by atoms with E-state index in [0.29, 0.717) is 11.4 Å². The average molecular weight is 373 g/mol. The molecule has 3 heterocycles. The molecule has 1 N–H and O–H groups in total. The smallest absolute Gasteiger partial charge is 0.345 e. The molecular weight excluding hydrogens is 350 g/mol. The minimum atomic E-state index is -0.882. The van der Waals surface area contributed by atoms with Crippen molar-refractivity contribution in [3.8, 4) is 0 Å². The first-order valence-corrected chi connectivity index (χ1v) is 10.1. The highest BCUT2D eigenvalue weighted by atomic mass is 32.1. The van der Waals surface area contributed by atoms with Crippen molar-refractivity contribution < 1.29 is 14.7 Å². The van der Waals surface area contributed by atoms with Crippen LogP contribution in [0.5, 0.6) is 0 Å². The minimum absolute atomic E-state index is 0.0391. The highest BCUT2D eigenvalue weighted by molar-refractivity contribution is 7.14. The third kappa shape index (κ3) is 3.28. The number of hydrogen-bond acceptors (Lipinski definition) is 4. The number of carboxylic acids is 1. The maximum atomic E-state index is 13.3. The molecule has 2 aromatic heterocycles. The van der Waals surface area contributed by atoms with Crippen LogP contribution in [0.15, 0.2) is 24.5 Å². The lowest BCUT2D eigenvalue weighted by atomic mass is 9.83. The number of hydrogen-bond donors (Lipinski definition) is 1. The van der Waals surface area contributed by atoms with E-state index >= 15 is 0 Å². The molecule has 1 aliphatic heterocycles. The Morgan fingerprint density at radius 2 is 2.08 bits per heavy atom. The number of aryl methyl sites for hydroxylation is 1. The van der Waals surface area contributed by atoms with Gasteiger partial charge in [0.05, 0.1) is 12.0 Å². The van der Waals surface area contributed by atoms with E-state index < -0.39 is 5.97 Å². The largest absolute Gasteiger partial charge is 0.477 e. The topological polar surface area (TPSA) is 75.4 Å². The van der Waals surface area contributed by atoms with Gasteiger partial charge in [0.15, 0.2) is 0 Å². The zero-order valence-corrected chi connectivity index (χ0v) is 15.5. The van der Waals surface area contributed by atoms with Crippen LogP contribution in [0.2, 0.25) is 0 Å². The van der Waals surface area contributed by atoms with Crippen molar-refractivity contribution in [2.75, 3.05) is 6.54 Å². The normalized spacial score (nSPS) is 23.3. The number of amides is 1. The van der Waals surface area contributed by atoms with E-state index in [-0.39, 0.29) is 17.9 Å². The van der Waals surface area contributed by atoms with Crippen LogP contribution in [-0.2, 0) is 17.8 Å². The van der Waals surface area contributed by atoms with Crippen LogP contribution in [-0.4, -0.2) is 38.2 Å². The van der Waals surface area contributed by atoms with Gasteiger partial charge in [0.1, 0.15) is 4.88 Å². The van der Waals surface area contributed by atoms with Gasteiger partial charge < -0.3 is 10.0 Å². The van der Waals surface area contributed by atoms with Crippen molar-refractivity contribution in [2.24, 2.45) is 5.92 Å². The molecule has 1 fully saturated rings. The van der Waals surface area contributed by atoms with Crippen LogP contribution in [0.1, 0.15) is 58.3 Å². The number of carbonyl (C=O) groups excluding carboxylic acids is 1. The Balaban J connectivity index is 1.55. The molecule has 2 unspecified atom stereocenters. The quantitative estimate of drug-likeness (QED) is 0.895. The Bertz CT molecular complexity index is 799. The molecule has 2 atom stereocenters. The number of aromatic nitrogens is 2. The second kappa shape index (κ2) is 7.23. The van der Waals surface area contributed by atoms with E-state index in [9.17, 15) is 14.7 Å². The Kier molecular flexibility index (Phi) is 4.80. The third-order valence-electron chi connectivity index (χ3n) is 5.52. The van der Waals surface area contributed by atoms with Gasteiger partial charge in [-0.1, -0.05) is 12.8 Å². The summed E-state index contributed by atoms with van der Waals surface area (Å²) in [7, 11) is 0. The van der Waals surface area contributed by atoms with Gasteiger partial charge in [-0.15, -0.1) is 11.3 Å². The summed E-state index contributed by atoms with van der Waals surface area (Å²) in [6.07, 6.45) is 9.55. The molecule has 0 aromatic carbocycles. The third-order valence-corrected chi connectivity index (χ3v) is 6.75. The van der Waals surface area contributed by atoms with E-state index in [2.05, 4.69) is 5.10 Å². The predicted molar refractivity (Wildman–Crippen MR) is 98.2 cm³/mol. The van der Waals surface area contributed by atoms with Gasteiger partial charge >= 0.3 is 5.97 Å². The van der Waals surface area contributed by atoms with Gasteiger partial charge in [-0.2, -0.15) is 5.10 Å². The Labute approximate surface area is 156 Å². The first kappa shape index (κ1) is 17.3. The van der Waals surface area contributed by atoms with Gasteiger partial charge in [0.2, 0.25) is 5.91 Å². The molecule has 0 bridgehead atoms. The van der Waals surface area contributed by atoms with Gasteiger partial charge in [-0.05, 0) is 43.4 Å². The molecular formula is C19H23N3O3S. The summed E-state index contributed by atoms with van der Waals surface area (Å²) in [6, 6.07) is 3.79. The Morgan fingerprint density at radius 3 is 2.85 bits per heavy atom. The van der Waals surface area contributed by atoms with Crippen molar-refractivity contribution in [1.82, 2.24) is 14.7 Å². The van der Waals surface area contributed by atoms with E-state index in [1.807, 2.05) is 21.8 Å². The number of rotatable bonds is 3. The fraction of sp³-hybridized carbons (Fsp3) is 0.526. The van der Waals surface area contributed by atoms with Crippen LogP contribution in [0, 0.1) is 5.92 Å². The molecule has 26 heavy (non-hydrogen) atoms. The number of nitrogens with zero attached hydrogens (tertiary/aromatic N) is 3. The van der Waals surface area contributed by atoms with Crippen LogP contribution in [0.25, 0.3) is 0 Å². The summed E-state index contributed by atoms with van der Waals surface area (Å²) in [5.74, 6) is -0.726. The van der Waals surface area contributed by atoms with Crippen LogP contribution in [0.3, 0.4) is 0 Å². The summed E-state index contributed by atoms with van der Waals surface area (Å²) >= 11 is 1.35. The lowest BCUT2D eigenvalue weighted by Crippen LogP contribution is -2.41. The molecule has 1 amide bonds. The lowest BCUT2D eigenvalue weighted by molar-refractivity contribution is -0.139. The van der Waals surface area contributed by atoms with Gasteiger partial charge in [-0.25, -0.2) is 4.79 Å². The summed E-state index contributed by atoms with van der Waals surface area (Å²) in [5, 5.41) is 13.6. The SMILES string of the molecule is O=C(O)c1cc2c(s1)CCCN(C(=O)C1CCCCC1n1cccn1)C2. The van der Waals surface area contributed by atoms with Crippen LogP contribution < -0.4 is 0 Å². The minimum Gasteiger partial charge on any atom is -0.477 e. The number of fused-ring (bicyclic) bond motifs is 1. The molecule has 2 aromatic rings. The maximum Gasteiger partial charge on any atom is 0.345 e. The monoisotopic (exact) mass is 373 g/mol. The molecule has 0 spiro atoms. The van der Waals surface area contributed by atoms with Gasteiger partial charge in [0.25, 0.3) is 0 Å². The molecule has 1 aliphatic carbocycles. The predicted octanol–water partition coefficient (Wildman–Crippen LogP) is 3.35. The summed E-state index contributed by atoms with van der Waals surface area (Å²) in [5.41, 5.74) is 1.00. The summed E-state index contributed by atoms with van der Waals surface area (Å²) in [6.45, 7) is 1.27. The Hall–Kier alpha value is -2.15. The number of carbonyl (C=O) groups is 2. The number of aromatic carboxylic acids is 1. The van der Waals surface area contributed by atoms with E-state index in [4.69, 9.17) is 0 Å². The molecule has 138 valence electrons. The van der Waals surface area contributed by atoms with E-state index in [0.717, 1.165) is 55.5 Å². The first-order chi connectivity index (χ1) is 12.6. The van der Waals surface area contributed by atoms with Crippen molar-refractivity contribution in [1.29, 1.82) is 0 Å². The summed E-state index contributed by atoms with van der Waals surface area (Å²) < 4.78 is 1.94. The molecule has 6 nitrogen and oxygen atoms in total. The van der Waals surface area contributed by atoms with Gasteiger partial charge in [0, 0.05) is 30.4 Å².